The lowest BCUT2D eigenvalue weighted by Crippen LogP contribution is -2.23. The zero-order valence-electron chi connectivity index (χ0n) is 12.2. The molecule has 4 nitrogen and oxygen atoms in total. The SMILES string of the molecule is COc1ccc(C(C)NC(C)c2cscn2)c(OC)c1. The van der Waals surface area contributed by atoms with E-state index in [0.717, 1.165) is 22.8 Å². The Balaban J connectivity index is 2.14. The minimum atomic E-state index is 0.160. The van der Waals surface area contributed by atoms with Crippen LogP contribution in [0.15, 0.2) is 29.1 Å². The summed E-state index contributed by atoms with van der Waals surface area (Å²) in [6.07, 6.45) is 0. The van der Waals surface area contributed by atoms with E-state index in [0.29, 0.717) is 0 Å². The van der Waals surface area contributed by atoms with Gasteiger partial charge in [-0.15, -0.1) is 11.3 Å². The van der Waals surface area contributed by atoms with Gasteiger partial charge in [0.05, 0.1) is 25.4 Å². The van der Waals surface area contributed by atoms with Crippen LogP contribution in [0.5, 0.6) is 11.5 Å². The maximum atomic E-state index is 5.45. The fraction of sp³-hybridized carbons (Fsp3) is 0.400. The largest absolute Gasteiger partial charge is 0.497 e. The quantitative estimate of drug-likeness (QED) is 0.884. The highest BCUT2D eigenvalue weighted by Gasteiger charge is 2.16. The molecule has 108 valence electrons. The molecule has 1 aromatic carbocycles. The van der Waals surface area contributed by atoms with Crippen molar-refractivity contribution in [2.24, 2.45) is 0 Å². The fourth-order valence-corrected chi connectivity index (χ4v) is 2.81. The first-order valence-electron chi connectivity index (χ1n) is 6.51. The minimum Gasteiger partial charge on any atom is -0.497 e. The van der Waals surface area contributed by atoms with Crippen LogP contribution in [-0.4, -0.2) is 19.2 Å². The number of ether oxygens (including phenoxy) is 2. The lowest BCUT2D eigenvalue weighted by atomic mass is 10.1. The highest BCUT2D eigenvalue weighted by atomic mass is 32.1. The van der Waals surface area contributed by atoms with Crippen LogP contribution in [0.25, 0.3) is 0 Å². The van der Waals surface area contributed by atoms with Crippen molar-refractivity contribution >= 4 is 11.3 Å². The molecule has 0 amide bonds. The molecule has 2 rings (SSSR count). The van der Waals surface area contributed by atoms with Gasteiger partial charge < -0.3 is 14.8 Å². The van der Waals surface area contributed by atoms with Crippen molar-refractivity contribution in [1.29, 1.82) is 0 Å². The van der Waals surface area contributed by atoms with Gasteiger partial charge in [-0.1, -0.05) is 6.07 Å². The summed E-state index contributed by atoms with van der Waals surface area (Å²) in [5.41, 5.74) is 4.02. The maximum Gasteiger partial charge on any atom is 0.127 e. The van der Waals surface area contributed by atoms with Crippen LogP contribution < -0.4 is 14.8 Å². The van der Waals surface area contributed by atoms with Gasteiger partial charge in [-0.25, -0.2) is 4.98 Å². The first-order valence-corrected chi connectivity index (χ1v) is 7.46. The number of benzene rings is 1. The molecular weight excluding hydrogens is 272 g/mol. The van der Waals surface area contributed by atoms with Crippen molar-refractivity contribution in [3.8, 4) is 11.5 Å². The number of hydrogen-bond donors (Lipinski definition) is 1. The molecule has 5 heteroatoms. The summed E-state index contributed by atoms with van der Waals surface area (Å²) in [6, 6.07) is 6.24. The number of nitrogens with one attached hydrogen (secondary N) is 1. The summed E-state index contributed by atoms with van der Waals surface area (Å²) in [7, 11) is 3.33. The molecule has 0 fully saturated rings. The molecule has 0 aliphatic carbocycles. The molecule has 0 radical (unpaired) electrons. The van der Waals surface area contributed by atoms with Crippen LogP contribution in [0, 0.1) is 0 Å². The smallest absolute Gasteiger partial charge is 0.127 e. The van der Waals surface area contributed by atoms with Crippen molar-refractivity contribution in [3.05, 3.63) is 40.3 Å². The fourth-order valence-electron chi connectivity index (χ4n) is 2.16. The molecule has 1 heterocycles. The van der Waals surface area contributed by atoms with Crippen LogP contribution in [0.1, 0.15) is 37.2 Å². The van der Waals surface area contributed by atoms with Gasteiger partial charge in [-0.05, 0) is 19.9 Å². The van der Waals surface area contributed by atoms with Crippen LogP contribution in [0.2, 0.25) is 0 Å². The molecule has 0 saturated heterocycles. The predicted octanol–water partition coefficient (Wildman–Crippen LogP) is 3.57. The summed E-state index contributed by atoms with van der Waals surface area (Å²) in [5.74, 6) is 1.63. The Morgan fingerprint density at radius 3 is 2.55 bits per heavy atom. The molecule has 20 heavy (non-hydrogen) atoms. The van der Waals surface area contributed by atoms with E-state index in [1.807, 2.05) is 23.7 Å². The first-order chi connectivity index (χ1) is 9.65. The number of nitrogens with zero attached hydrogens (tertiary/aromatic N) is 1. The highest BCUT2D eigenvalue weighted by Crippen LogP contribution is 2.30. The molecule has 0 spiro atoms. The van der Waals surface area contributed by atoms with E-state index < -0.39 is 0 Å². The number of aromatic nitrogens is 1. The van der Waals surface area contributed by atoms with Gasteiger partial charge in [-0.2, -0.15) is 0 Å². The predicted molar refractivity (Wildman–Crippen MR) is 81.6 cm³/mol. The summed E-state index contributed by atoms with van der Waals surface area (Å²) in [6.45, 7) is 4.23. The second-order valence-electron chi connectivity index (χ2n) is 4.63. The van der Waals surface area contributed by atoms with Crippen LogP contribution in [0.3, 0.4) is 0 Å². The Labute approximate surface area is 123 Å². The van der Waals surface area contributed by atoms with Gasteiger partial charge in [0.15, 0.2) is 0 Å². The second-order valence-corrected chi connectivity index (χ2v) is 5.35. The van der Waals surface area contributed by atoms with Gasteiger partial charge in [0.25, 0.3) is 0 Å². The van der Waals surface area contributed by atoms with Crippen molar-refractivity contribution in [3.63, 3.8) is 0 Å². The molecule has 0 aliphatic heterocycles. The van der Waals surface area contributed by atoms with Gasteiger partial charge in [0.2, 0.25) is 0 Å². The van der Waals surface area contributed by atoms with Gasteiger partial charge in [0, 0.05) is 29.1 Å². The lowest BCUT2D eigenvalue weighted by molar-refractivity contribution is 0.382. The molecule has 0 saturated carbocycles. The number of rotatable bonds is 6. The number of hydrogen-bond acceptors (Lipinski definition) is 5. The Morgan fingerprint density at radius 2 is 1.95 bits per heavy atom. The summed E-state index contributed by atoms with van der Waals surface area (Å²) < 4.78 is 10.7. The molecule has 2 aromatic rings. The van der Waals surface area contributed by atoms with E-state index in [-0.39, 0.29) is 12.1 Å². The minimum absolute atomic E-state index is 0.160. The molecule has 2 unspecified atom stereocenters. The molecule has 1 N–H and O–H groups in total. The zero-order chi connectivity index (χ0) is 14.5. The molecular formula is C15H20N2O2S. The van der Waals surface area contributed by atoms with Gasteiger partial charge in [0.1, 0.15) is 11.5 Å². The van der Waals surface area contributed by atoms with E-state index in [9.17, 15) is 0 Å². The Bertz CT molecular complexity index is 543. The van der Waals surface area contributed by atoms with Crippen molar-refractivity contribution in [2.45, 2.75) is 25.9 Å². The third-order valence-electron chi connectivity index (χ3n) is 3.30. The molecule has 2 atom stereocenters. The standard InChI is InChI=1S/C15H20N2O2S/c1-10(17-11(2)14-8-20-9-16-14)13-6-5-12(18-3)7-15(13)19-4/h5-11,17H,1-4H3. The van der Waals surface area contributed by atoms with Crippen LogP contribution in [-0.2, 0) is 0 Å². The third kappa shape index (κ3) is 3.29. The van der Waals surface area contributed by atoms with Gasteiger partial charge in [-0.3, -0.25) is 0 Å². The lowest BCUT2D eigenvalue weighted by Gasteiger charge is -2.21. The van der Waals surface area contributed by atoms with Crippen LogP contribution in [0.4, 0.5) is 0 Å². The Kier molecular flexibility index (Phi) is 4.98. The molecule has 1 aromatic heterocycles. The Hall–Kier alpha value is -1.59. The highest BCUT2D eigenvalue weighted by molar-refractivity contribution is 7.07. The summed E-state index contributed by atoms with van der Waals surface area (Å²) in [4.78, 5) is 4.34. The summed E-state index contributed by atoms with van der Waals surface area (Å²) in [5, 5.41) is 5.60. The van der Waals surface area contributed by atoms with Gasteiger partial charge >= 0.3 is 0 Å². The van der Waals surface area contributed by atoms with Crippen molar-refractivity contribution in [1.82, 2.24) is 10.3 Å². The number of methoxy groups -OCH3 is 2. The van der Waals surface area contributed by atoms with Crippen molar-refractivity contribution in [2.75, 3.05) is 14.2 Å². The second kappa shape index (κ2) is 6.72. The number of thiazole rings is 1. The van der Waals surface area contributed by atoms with E-state index in [1.165, 1.54) is 0 Å². The Morgan fingerprint density at radius 1 is 1.15 bits per heavy atom. The van der Waals surface area contributed by atoms with Crippen molar-refractivity contribution < 1.29 is 9.47 Å². The first kappa shape index (κ1) is 14.8. The zero-order valence-corrected chi connectivity index (χ0v) is 13.0. The van der Waals surface area contributed by atoms with E-state index in [1.54, 1.807) is 25.6 Å². The molecule has 0 bridgehead atoms. The normalized spacial score (nSPS) is 13.8. The van der Waals surface area contributed by atoms with E-state index in [4.69, 9.17) is 9.47 Å². The summed E-state index contributed by atoms with van der Waals surface area (Å²) >= 11 is 1.61. The van der Waals surface area contributed by atoms with E-state index in [2.05, 4.69) is 29.5 Å². The average Bonchev–Trinajstić information content (AvgIpc) is 3.00. The monoisotopic (exact) mass is 292 g/mol. The average molecular weight is 292 g/mol. The molecule has 0 aliphatic rings. The maximum absolute atomic E-state index is 5.45. The third-order valence-corrected chi connectivity index (χ3v) is 3.91. The van der Waals surface area contributed by atoms with Crippen LogP contribution >= 0.6 is 11.3 Å². The topological polar surface area (TPSA) is 43.4 Å². The van der Waals surface area contributed by atoms with E-state index >= 15 is 0 Å².